The van der Waals surface area contributed by atoms with Crippen LogP contribution in [0.2, 0.25) is 0 Å². The molecule has 7 heteroatoms. The van der Waals surface area contributed by atoms with Crippen LogP contribution in [0.4, 0.5) is 5.69 Å². The summed E-state index contributed by atoms with van der Waals surface area (Å²) in [6, 6.07) is 7.06. The van der Waals surface area contributed by atoms with Gasteiger partial charge >= 0.3 is 0 Å². The van der Waals surface area contributed by atoms with E-state index in [1.165, 1.54) is 21.3 Å². The Morgan fingerprint density at radius 2 is 1.30 bits per heavy atom. The van der Waals surface area contributed by atoms with Gasteiger partial charge in [0.2, 0.25) is 11.7 Å². The van der Waals surface area contributed by atoms with Gasteiger partial charge in [-0.1, -0.05) is 0 Å². The summed E-state index contributed by atoms with van der Waals surface area (Å²) >= 11 is 0. The number of hydrogen-bond donors (Lipinski definition) is 1. The maximum atomic E-state index is 12.5. The molecule has 27 heavy (non-hydrogen) atoms. The van der Waals surface area contributed by atoms with E-state index in [0.717, 1.165) is 11.1 Å². The van der Waals surface area contributed by atoms with Crippen LogP contribution in [-0.4, -0.2) is 41.5 Å². The van der Waals surface area contributed by atoms with Crippen LogP contribution in [0.25, 0.3) is 0 Å². The second kappa shape index (κ2) is 9.02. The number of amides is 1. The van der Waals surface area contributed by atoms with Crippen molar-refractivity contribution in [1.29, 1.82) is 0 Å². The largest absolute Gasteiger partial charge is 0.493 e. The number of aryl methyl sites for hydroxylation is 1. The van der Waals surface area contributed by atoms with Crippen molar-refractivity contribution in [1.82, 2.24) is 0 Å². The first-order chi connectivity index (χ1) is 13.0. The molecule has 1 amide bonds. The quantitative estimate of drug-likeness (QED) is 0.764. The molecule has 2 rings (SSSR count). The van der Waals surface area contributed by atoms with Crippen LogP contribution in [-0.2, 0) is 11.2 Å². The summed E-state index contributed by atoms with van der Waals surface area (Å²) in [4.78, 5) is 12.5. The molecule has 0 aliphatic carbocycles. The van der Waals surface area contributed by atoms with E-state index in [-0.39, 0.29) is 12.3 Å². The number of hydrogen-bond acceptors (Lipinski definition) is 6. The molecule has 0 spiro atoms. The molecule has 1 N–H and O–H groups in total. The molecule has 0 fully saturated rings. The van der Waals surface area contributed by atoms with Gasteiger partial charge in [-0.05, 0) is 36.2 Å². The third kappa shape index (κ3) is 4.55. The monoisotopic (exact) mass is 375 g/mol. The lowest BCUT2D eigenvalue weighted by molar-refractivity contribution is -0.115. The van der Waals surface area contributed by atoms with Crippen LogP contribution < -0.4 is 29.0 Å². The molecule has 0 saturated heterocycles. The van der Waals surface area contributed by atoms with Crippen molar-refractivity contribution in [2.75, 3.05) is 40.9 Å². The fraction of sp³-hybridized carbons (Fsp3) is 0.350. The zero-order valence-corrected chi connectivity index (χ0v) is 16.5. The first-order valence-corrected chi connectivity index (χ1v) is 8.28. The van der Waals surface area contributed by atoms with Crippen molar-refractivity contribution in [3.8, 4) is 28.7 Å². The molecular formula is C20H25NO6. The average Bonchev–Trinajstić information content (AvgIpc) is 2.68. The topological polar surface area (TPSA) is 75.3 Å². The zero-order chi connectivity index (χ0) is 20.0. The Morgan fingerprint density at radius 3 is 1.78 bits per heavy atom. The Balaban J connectivity index is 2.23. The van der Waals surface area contributed by atoms with E-state index in [4.69, 9.17) is 23.7 Å². The molecular weight excluding hydrogens is 350 g/mol. The molecule has 0 bridgehead atoms. The van der Waals surface area contributed by atoms with Crippen LogP contribution in [0.5, 0.6) is 28.7 Å². The summed E-state index contributed by atoms with van der Waals surface area (Å²) in [6.07, 6.45) is 0.143. The van der Waals surface area contributed by atoms with Gasteiger partial charge in [-0.2, -0.15) is 0 Å². The molecule has 0 radical (unpaired) electrons. The fourth-order valence-electron chi connectivity index (χ4n) is 2.73. The van der Waals surface area contributed by atoms with E-state index in [0.29, 0.717) is 34.4 Å². The molecule has 0 heterocycles. The van der Waals surface area contributed by atoms with E-state index in [1.54, 1.807) is 32.4 Å². The molecule has 0 aliphatic heterocycles. The van der Waals surface area contributed by atoms with Gasteiger partial charge in [0.25, 0.3) is 0 Å². The van der Waals surface area contributed by atoms with Gasteiger partial charge in [0, 0.05) is 11.8 Å². The van der Waals surface area contributed by atoms with Gasteiger partial charge < -0.3 is 29.0 Å². The Hall–Kier alpha value is -3.09. The first kappa shape index (κ1) is 20.2. The van der Waals surface area contributed by atoms with E-state index in [1.807, 2.05) is 13.0 Å². The van der Waals surface area contributed by atoms with Crippen LogP contribution in [0.15, 0.2) is 24.3 Å². The van der Waals surface area contributed by atoms with Gasteiger partial charge in [0.1, 0.15) is 0 Å². The molecule has 146 valence electrons. The van der Waals surface area contributed by atoms with E-state index in [2.05, 4.69) is 5.32 Å². The molecule has 2 aromatic carbocycles. The van der Waals surface area contributed by atoms with Crippen molar-refractivity contribution in [3.63, 3.8) is 0 Å². The molecule has 2 aromatic rings. The summed E-state index contributed by atoms with van der Waals surface area (Å²) in [6.45, 7) is 1.89. The Morgan fingerprint density at radius 1 is 0.778 bits per heavy atom. The highest BCUT2D eigenvalue weighted by molar-refractivity contribution is 5.93. The van der Waals surface area contributed by atoms with Crippen LogP contribution in [0.3, 0.4) is 0 Å². The van der Waals surface area contributed by atoms with E-state index in [9.17, 15) is 4.79 Å². The number of rotatable bonds is 8. The maximum Gasteiger partial charge on any atom is 0.228 e. The first-order valence-electron chi connectivity index (χ1n) is 8.28. The normalized spacial score (nSPS) is 10.1. The van der Waals surface area contributed by atoms with Gasteiger partial charge in [-0.25, -0.2) is 0 Å². The minimum Gasteiger partial charge on any atom is -0.493 e. The highest BCUT2D eigenvalue weighted by Crippen LogP contribution is 2.38. The number of carbonyl (C=O) groups excluding carboxylic acids is 1. The summed E-state index contributed by atoms with van der Waals surface area (Å²) in [5, 5.41) is 2.90. The molecule has 0 aliphatic rings. The highest BCUT2D eigenvalue weighted by Gasteiger charge is 2.16. The Bertz CT molecular complexity index is 793. The molecule has 0 atom stereocenters. The number of nitrogens with one attached hydrogen (secondary N) is 1. The second-order valence-electron chi connectivity index (χ2n) is 5.78. The number of anilines is 1. The lowest BCUT2D eigenvalue weighted by Crippen LogP contribution is -2.15. The molecule has 0 saturated carbocycles. The van der Waals surface area contributed by atoms with Gasteiger partial charge in [-0.15, -0.1) is 0 Å². The minimum absolute atomic E-state index is 0.143. The van der Waals surface area contributed by atoms with Crippen LogP contribution >= 0.6 is 0 Å². The SMILES string of the molecule is COc1cc(C)c(NC(=O)Cc2cc(OC)c(OC)c(OC)c2)cc1OC. The van der Waals surface area contributed by atoms with Gasteiger partial charge in [0.15, 0.2) is 23.0 Å². The Kier molecular flexibility index (Phi) is 6.76. The van der Waals surface area contributed by atoms with E-state index < -0.39 is 0 Å². The van der Waals surface area contributed by atoms with Crippen LogP contribution in [0.1, 0.15) is 11.1 Å². The van der Waals surface area contributed by atoms with Crippen molar-refractivity contribution >= 4 is 11.6 Å². The number of benzene rings is 2. The number of methoxy groups -OCH3 is 5. The summed E-state index contributed by atoms with van der Waals surface area (Å²) in [5.41, 5.74) is 2.26. The average molecular weight is 375 g/mol. The third-order valence-corrected chi connectivity index (χ3v) is 4.09. The lowest BCUT2D eigenvalue weighted by atomic mass is 10.1. The fourth-order valence-corrected chi connectivity index (χ4v) is 2.73. The van der Waals surface area contributed by atoms with Crippen LogP contribution in [0, 0.1) is 6.92 Å². The molecule has 7 nitrogen and oxygen atoms in total. The van der Waals surface area contributed by atoms with E-state index >= 15 is 0 Å². The number of carbonyl (C=O) groups is 1. The Labute approximate surface area is 159 Å². The van der Waals surface area contributed by atoms with Crippen molar-refractivity contribution in [3.05, 3.63) is 35.4 Å². The smallest absolute Gasteiger partial charge is 0.228 e. The zero-order valence-electron chi connectivity index (χ0n) is 16.5. The van der Waals surface area contributed by atoms with Crippen molar-refractivity contribution in [2.45, 2.75) is 13.3 Å². The van der Waals surface area contributed by atoms with Crippen molar-refractivity contribution < 1.29 is 28.5 Å². The number of ether oxygens (including phenoxy) is 5. The minimum atomic E-state index is -0.181. The molecule has 0 unspecified atom stereocenters. The second-order valence-corrected chi connectivity index (χ2v) is 5.78. The summed E-state index contributed by atoms with van der Waals surface area (Å²) in [5.74, 6) is 2.46. The van der Waals surface area contributed by atoms with Gasteiger partial charge in [-0.3, -0.25) is 4.79 Å². The lowest BCUT2D eigenvalue weighted by Gasteiger charge is -2.15. The molecule has 0 aromatic heterocycles. The van der Waals surface area contributed by atoms with Gasteiger partial charge in [0.05, 0.1) is 42.0 Å². The standard InChI is InChI=1S/C20H25NO6/c1-12-7-15(23-2)16(24-3)11-14(12)21-19(22)10-13-8-17(25-4)20(27-6)18(9-13)26-5/h7-9,11H,10H2,1-6H3,(H,21,22). The predicted octanol–water partition coefficient (Wildman–Crippen LogP) is 3.22. The predicted molar refractivity (Wildman–Crippen MR) is 103 cm³/mol. The summed E-state index contributed by atoms with van der Waals surface area (Å²) < 4.78 is 26.5. The maximum absolute atomic E-state index is 12.5. The third-order valence-electron chi connectivity index (χ3n) is 4.09. The van der Waals surface area contributed by atoms with Crippen molar-refractivity contribution in [2.24, 2.45) is 0 Å². The highest BCUT2D eigenvalue weighted by atomic mass is 16.5. The summed E-state index contributed by atoms with van der Waals surface area (Å²) in [7, 11) is 7.73.